The Balaban J connectivity index is 1.91. The van der Waals surface area contributed by atoms with Gasteiger partial charge < -0.3 is 14.7 Å². The van der Waals surface area contributed by atoms with Gasteiger partial charge in [-0.2, -0.15) is 0 Å². The molecule has 0 atom stereocenters. The Morgan fingerprint density at radius 3 is 2.42 bits per heavy atom. The summed E-state index contributed by atoms with van der Waals surface area (Å²) in [6.07, 6.45) is 2.63. The Bertz CT molecular complexity index is 576. The van der Waals surface area contributed by atoms with Crippen molar-refractivity contribution in [1.82, 2.24) is 4.90 Å². The summed E-state index contributed by atoms with van der Waals surface area (Å²) < 4.78 is 5.69. The van der Waals surface area contributed by atoms with Gasteiger partial charge in [0, 0.05) is 19.5 Å². The second kappa shape index (κ2) is 8.18. The minimum Gasteiger partial charge on any atom is -0.491 e. The molecular weight excluding hydrogens is 306 g/mol. The highest BCUT2D eigenvalue weighted by Crippen LogP contribution is 2.30. The third-order valence-electron chi connectivity index (χ3n) is 4.49. The van der Waals surface area contributed by atoms with Gasteiger partial charge in [0.05, 0.1) is 12.0 Å². The molecular formula is C19H27NO4. The first-order chi connectivity index (χ1) is 11.4. The van der Waals surface area contributed by atoms with E-state index in [9.17, 15) is 9.59 Å². The van der Waals surface area contributed by atoms with Crippen LogP contribution in [0.25, 0.3) is 0 Å². The zero-order valence-electron chi connectivity index (χ0n) is 14.7. The monoisotopic (exact) mass is 333 g/mol. The average Bonchev–Trinajstić information content (AvgIpc) is 2.54. The number of ether oxygens (including phenoxy) is 1. The fourth-order valence-electron chi connectivity index (χ4n) is 3.24. The first-order valence-corrected chi connectivity index (χ1v) is 8.60. The number of amides is 1. The van der Waals surface area contributed by atoms with E-state index >= 15 is 0 Å². The molecule has 1 saturated carbocycles. The second-order valence-corrected chi connectivity index (χ2v) is 6.90. The van der Waals surface area contributed by atoms with E-state index < -0.39 is 5.97 Å². The Labute approximate surface area is 143 Å². The van der Waals surface area contributed by atoms with Gasteiger partial charge in [0.2, 0.25) is 5.91 Å². The maximum Gasteiger partial charge on any atom is 0.306 e. The predicted octanol–water partition coefficient (Wildman–Crippen LogP) is 3.32. The van der Waals surface area contributed by atoms with Gasteiger partial charge in [-0.1, -0.05) is 12.1 Å². The Morgan fingerprint density at radius 1 is 1.21 bits per heavy atom. The molecule has 1 aromatic rings. The molecule has 24 heavy (non-hydrogen) atoms. The normalized spacial score (nSPS) is 20.7. The molecule has 1 fully saturated rings. The van der Waals surface area contributed by atoms with E-state index in [2.05, 4.69) is 0 Å². The summed E-state index contributed by atoms with van der Waals surface area (Å²) in [7, 11) is 1.81. The maximum atomic E-state index is 12.6. The number of aliphatic carboxylic acids is 1. The smallest absolute Gasteiger partial charge is 0.306 e. The molecule has 0 aliphatic heterocycles. The van der Waals surface area contributed by atoms with Gasteiger partial charge in [-0.3, -0.25) is 9.59 Å². The number of hydrogen-bond acceptors (Lipinski definition) is 3. The predicted molar refractivity (Wildman–Crippen MR) is 91.8 cm³/mol. The first kappa shape index (κ1) is 18.3. The second-order valence-electron chi connectivity index (χ2n) is 6.90. The lowest BCUT2D eigenvalue weighted by Gasteiger charge is -2.29. The topological polar surface area (TPSA) is 66.8 Å². The van der Waals surface area contributed by atoms with Crippen LogP contribution in [0, 0.1) is 11.8 Å². The fourth-order valence-corrected chi connectivity index (χ4v) is 3.24. The van der Waals surface area contributed by atoms with Crippen LogP contribution in [-0.2, 0) is 16.1 Å². The molecule has 0 saturated heterocycles. The van der Waals surface area contributed by atoms with E-state index in [1.807, 2.05) is 45.2 Å². The van der Waals surface area contributed by atoms with E-state index in [-0.39, 0.29) is 23.8 Å². The van der Waals surface area contributed by atoms with Gasteiger partial charge in [0.15, 0.2) is 0 Å². The van der Waals surface area contributed by atoms with Crippen LogP contribution in [0.1, 0.15) is 45.1 Å². The van der Waals surface area contributed by atoms with Crippen LogP contribution in [0.15, 0.2) is 24.3 Å². The van der Waals surface area contributed by atoms with E-state index in [1.165, 1.54) is 0 Å². The zero-order valence-corrected chi connectivity index (χ0v) is 14.7. The highest BCUT2D eigenvalue weighted by molar-refractivity contribution is 5.79. The minimum absolute atomic E-state index is 0.0549. The number of carbonyl (C=O) groups excluding carboxylic acids is 1. The SMILES string of the molecule is CC(C)Oc1cccc(CN(C)C(=O)C2CCC(C(=O)O)CC2)c1. The number of hydrogen-bond donors (Lipinski definition) is 1. The largest absolute Gasteiger partial charge is 0.491 e. The van der Waals surface area contributed by atoms with Gasteiger partial charge in [-0.15, -0.1) is 0 Å². The lowest BCUT2D eigenvalue weighted by atomic mass is 9.81. The Kier molecular flexibility index (Phi) is 6.23. The number of rotatable bonds is 6. The molecule has 0 spiro atoms. The highest BCUT2D eigenvalue weighted by Gasteiger charge is 2.31. The van der Waals surface area contributed by atoms with Crippen LogP contribution in [0.2, 0.25) is 0 Å². The molecule has 0 aromatic heterocycles. The molecule has 0 radical (unpaired) electrons. The highest BCUT2D eigenvalue weighted by atomic mass is 16.5. The van der Waals surface area contributed by atoms with E-state index in [0.29, 0.717) is 32.2 Å². The maximum absolute atomic E-state index is 12.6. The van der Waals surface area contributed by atoms with Crippen molar-refractivity contribution in [2.75, 3.05) is 7.05 Å². The van der Waals surface area contributed by atoms with E-state index in [1.54, 1.807) is 4.90 Å². The van der Waals surface area contributed by atoms with Gasteiger partial charge in [-0.25, -0.2) is 0 Å². The van der Waals surface area contributed by atoms with Gasteiger partial charge in [0.25, 0.3) is 0 Å². The lowest BCUT2D eigenvalue weighted by Crippen LogP contribution is -2.35. The van der Waals surface area contributed by atoms with Crippen molar-refractivity contribution in [1.29, 1.82) is 0 Å². The van der Waals surface area contributed by atoms with Gasteiger partial charge in [-0.05, 0) is 57.2 Å². The number of benzene rings is 1. The summed E-state index contributed by atoms with van der Waals surface area (Å²) in [6.45, 7) is 4.50. The molecule has 132 valence electrons. The quantitative estimate of drug-likeness (QED) is 0.867. The van der Waals surface area contributed by atoms with Crippen molar-refractivity contribution in [2.24, 2.45) is 11.8 Å². The number of carboxylic acids is 1. The third-order valence-corrected chi connectivity index (χ3v) is 4.49. The van der Waals surface area contributed by atoms with Crippen LogP contribution in [0.4, 0.5) is 0 Å². The van der Waals surface area contributed by atoms with E-state index in [0.717, 1.165) is 11.3 Å². The minimum atomic E-state index is -0.740. The molecule has 1 aromatic carbocycles. The van der Waals surface area contributed by atoms with Crippen molar-refractivity contribution >= 4 is 11.9 Å². The van der Waals surface area contributed by atoms with Gasteiger partial charge in [0.1, 0.15) is 5.75 Å². The summed E-state index contributed by atoms with van der Waals surface area (Å²) >= 11 is 0. The van der Waals surface area contributed by atoms with Gasteiger partial charge >= 0.3 is 5.97 Å². The van der Waals surface area contributed by atoms with Crippen molar-refractivity contribution in [3.63, 3.8) is 0 Å². The van der Waals surface area contributed by atoms with Crippen LogP contribution in [0.5, 0.6) is 5.75 Å². The molecule has 5 nitrogen and oxygen atoms in total. The van der Waals surface area contributed by atoms with Crippen LogP contribution < -0.4 is 4.74 Å². The zero-order chi connectivity index (χ0) is 17.7. The number of nitrogens with zero attached hydrogens (tertiary/aromatic N) is 1. The molecule has 5 heteroatoms. The summed E-state index contributed by atoms with van der Waals surface area (Å²) in [6, 6.07) is 7.80. The molecule has 1 aliphatic rings. The molecule has 0 heterocycles. The van der Waals surface area contributed by atoms with Crippen LogP contribution >= 0.6 is 0 Å². The number of carbonyl (C=O) groups is 2. The third kappa shape index (κ3) is 4.98. The van der Waals surface area contributed by atoms with Crippen molar-refractivity contribution in [3.05, 3.63) is 29.8 Å². The van der Waals surface area contributed by atoms with Crippen LogP contribution in [-0.4, -0.2) is 35.0 Å². The first-order valence-electron chi connectivity index (χ1n) is 8.60. The summed E-state index contributed by atoms with van der Waals surface area (Å²) in [5.41, 5.74) is 1.03. The molecule has 1 amide bonds. The standard InChI is InChI=1S/C19H27NO4/c1-13(2)24-17-6-4-5-14(11-17)12-20(3)18(21)15-7-9-16(10-8-15)19(22)23/h4-6,11,13,15-16H,7-10,12H2,1-3H3,(H,22,23). The summed E-state index contributed by atoms with van der Waals surface area (Å²) in [5, 5.41) is 9.05. The van der Waals surface area contributed by atoms with Crippen molar-refractivity contribution in [3.8, 4) is 5.75 Å². The summed E-state index contributed by atoms with van der Waals surface area (Å²) in [4.78, 5) is 25.3. The Hall–Kier alpha value is -2.04. The molecule has 0 unspecified atom stereocenters. The molecule has 1 N–H and O–H groups in total. The summed E-state index contributed by atoms with van der Waals surface area (Å²) in [5.74, 6) is -0.166. The lowest BCUT2D eigenvalue weighted by molar-refractivity contribution is -0.145. The van der Waals surface area contributed by atoms with Crippen molar-refractivity contribution in [2.45, 2.75) is 52.2 Å². The molecule has 2 rings (SSSR count). The Morgan fingerprint density at radius 2 is 1.83 bits per heavy atom. The molecule has 1 aliphatic carbocycles. The van der Waals surface area contributed by atoms with E-state index in [4.69, 9.17) is 9.84 Å². The molecule has 0 bridgehead atoms. The van der Waals surface area contributed by atoms with Crippen molar-refractivity contribution < 1.29 is 19.4 Å². The van der Waals surface area contributed by atoms with Crippen LogP contribution in [0.3, 0.4) is 0 Å². The fraction of sp³-hybridized carbons (Fsp3) is 0.579. The average molecular weight is 333 g/mol. The number of carboxylic acid groups (broad SMARTS) is 1.